The van der Waals surface area contributed by atoms with E-state index in [0.717, 1.165) is 44.9 Å². The Morgan fingerprint density at radius 2 is 1.89 bits per heavy atom. The second kappa shape index (κ2) is 12.1. The summed E-state index contributed by atoms with van der Waals surface area (Å²) in [5, 5.41) is 0. The molecule has 0 saturated carbocycles. The average Bonchev–Trinajstić information content (AvgIpc) is 3.11. The number of guanidine groups is 1. The van der Waals surface area contributed by atoms with Crippen LogP contribution in [0.2, 0.25) is 0 Å². The van der Waals surface area contributed by atoms with E-state index >= 15 is 0 Å². The summed E-state index contributed by atoms with van der Waals surface area (Å²) in [6, 6.07) is 0.456. The van der Waals surface area contributed by atoms with Crippen LogP contribution < -0.4 is 5.73 Å². The van der Waals surface area contributed by atoms with Gasteiger partial charge in [0, 0.05) is 12.1 Å². The molecule has 2 aliphatic heterocycles. The number of hydrogen-bond acceptors (Lipinski definition) is 5. The fourth-order valence-electron chi connectivity index (χ4n) is 4.78. The first kappa shape index (κ1) is 22.8. The molecule has 1 saturated heterocycles. The predicted octanol–water partition coefficient (Wildman–Crippen LogP) is 4.80. The summed E-state index contributed by atoms with van der Waals surface area (Å²) in [4.78, 5) is 19.6. The number of carbonyl (C=O) groups excluding carboxylic acids is 1. The van der Waals surface area contributed by atoms with Gasteiger partial charge in [-0.1, -0.05) is 64.5 Å². The number of aliphatic imine (C=N–C) groups is 1. The van der Waals surface area contributed by atoms with Crippen molar-refractivity contribution < 1.29 is 9.53 Å². The van der Waals surface area contributed by atoms with Gasteiger partial charge in [-0.15, -0.1) is 0 Å². The van der Waals surface area contributed by atoms with E-state index in [1.165, 1.54) is 39.2 Å². The minimum atomic E-state index is -0.183. The molecule has 0 spiro atoms. The predicted molar refractivity (Wildman–Crippen MR) is 116 cm³/mol. The lowest BCUT2D eigenvalue weighted by atomic mass is 9.86. The monoisotopic (exact) mass is 391 g/mol. The van der Waals surface area contributed by atoms with E-state index < -0.39 is 0 Å². The Balaban J connectivity index is 1.99. The molecule has 5 nitrogen and oxygen atoms in total. The molecular formula is C23H41N3O2. The van der Waals surface area contributed by atoms with Gasteiger partial charge in [0.15, 0.2) is 5.96 Å². The summed E-state index contributed by atoms with van der Waals surface area (Å²) in [5.74, 6) is 0.322. The molecule has 0 aromatic carbocycles. The fraction of sp³-hybridized carbons (Fsp3) is 0.826. The van der Waals surface area contributed by atoms with Crippen LogP contribution in [0.4, 0.5) is 0 Å². The number of carbonyl (C=O) groups is 1. The van der Waals surface area contributed by atoms with Crippen molar-refractivity contribution in [2.75, 3.05) is 7.11 Å². The highest BCUT2D eigenvalue weighted by molar-refractivity contribution is 5.84. The maximum absolute atomic E-state index is 12.6. The molecule has 2 N–H and O–H groups in total. The molecule has 0 amide bonds. The number of rotatable bonds is 12. The van der Waals surface area contributed by atoms with E-state index in [2.05, 4.69) is 30.9 Å². The van der Waals surface area contributed by atoms with Crippen LogP contribution in [-0.4, -0.2) is 42.1 Å². The zero-order valence-electron chi connectivity index (χ0n) is 18.2. The summed E-state index contributed by atoms with van der Waals surface area (Å²) in [5.41, 5.74) is 6.39. The third-order valence-electron chi connectivity index (χ3n) is 6.31. The highest BCUT2D eigenvalue weighted by Gasteiger charge is 2.48. The molecule has 5 heteroatoms. The average molecular weight is 392 g/mol. The molecule has 2 rings (SSSR count). The molecule has 0 aliphatic carbocycles. The second-order valence-electron chi connectivity index (χ2n) is 8.36. The highest BCUT2D eigenvalue weighted by Crippen LogP contribution is 2.38. The van der Waals surface area contributed by atoms with E-state index in [4.69, 9.17) is 15.5 Å². The maximum Gasteiger partial charge on any atom is 0.312 e. The van der Waals surface area contributed by atoms with Crippen LogP contribution in [0.1, 0.15) is 90.9 Å². The van der Waals surface area contributed by atoms with Crippen molar-refractivity contribution in [3.05, 3.63) is 12.2 Å². The third kappa shape index (κ3) is 5.99. The standard InChI is InChI=1S/C23H41N3O2/c1-4-6-8-9-10-11-13-14-18-16-17-20-21(22(27)28-3)19(15-12-7-5-2)25-23(24)26(18)20/h11,13,18-21H,4-10,12,14-17H2,1-3H3,(H2,24,25)/b13-11-/t18-,19-,20?,21?/m0/s1. The Hall–Kier alpha value is -1.52. The van der Waals surface area contributed by atoms with Gasteiger partial charge >= 0.3 is 5.97 Å². The molecule has 2 aliphatic rings. The number of fused-ring (bicyclic) bond motifs is 1. The van der Waals surface area contributed by atoms with Gasteiger partial charge in [0.25, 0.3) is 0 Å². The molecule has 1 fully saturated rings. The highest BCUT2D eigenvalue weighted by atomic mass is 16.5. The fourth-order valence-corrected chi connectivity index (χ4v) is 4.78. The zero-order valence-corrected chi connectivity index (χ0v) is 18.2. The molecule has 2 unspecified atom stereocenters. The van der Waals surface area contributed by atoms with Crippen LogP contribution >= 0.6 is 0 Å². The SMILES string of the molecule is CCCCCC/C=C\C[C@H]1CCC2C(C(=O)OC)[C@H](CCCCC)N=C(N)N21. The molecule has 28 heavy (non-hydrogen) atoms. The van der Waals surface area contributed by atoms with Gasteiger partial charge in [0.05, 0.1) is 19.1 Å². The number of hydrogen-bond donors (Lipinski definition) is 1. The van der Waals surface area contributed by atoms with Crippen LogP contribution in [-0.2, 0) is 9.53 Å². The molecular weight excluding hydrogens is 350 g/mol. The van der Waals surface area contributed by atoms with Gasteiger partial charge in [0.2, 0.25) is 0 Å². The Bertz CT molecular complexity index is 532. The van der Waals surface area contributed by atoms with E-state index in [0.29, 0.717) is 12.0 Å². The topological polar surface area (TPSA) is 67.9 Å². The van der Waals surface area contributed by atoms with Crippen LogP contribution in [0.5, 0.6) is 0 Å². The Labute approximate surface area is 171 Å². The molecule has 2 heterocycles. The molecule has 160 valence electrons. The van der Waals surface area contributed by atoms with Gasteiger partial charge in [-0.25, -0.2) is 4.99 Å². The minimum Gasteiger partial charge on any atom is -0.469 e. The number of nitrogens with zero attached hydrogens (tertiary/aromatic N) is 2. The summed E-state index contributed by atoms with van der Waals surface area (Å²) in [7, 11) is 1.49. The van der Waals surface area contributed by atoms with Crippen LogP contribution in [0.25, 0.3) is 0 Å². The van der Waals surface area contributed by atoms with Crippen molar-refractivity contribution in [3.63, 3.8) is 0 Å². The van der Waals surface area contributed by atoms with Gasteiger partial charge in [-0.2, -0.15) is 0 Å². The van der Waals surface area contributed by atoms with E-state index in [1.807, 2.05) is 0 Å². The van der Waals surface area contributed by atoms with Crippen LogP contribution in [0, 0.1) is 5.92 Å². The first-order valence-electron chi connectivity index (χ1n) is 11.5. The van der Waals surface area contributed by atoms with Crippen molar-refractivity contribution in [1.82, 2.24) is 4.90 Å². The molecule has 0 radical (unpaired) electrons. The number of nitrogens with two attached hydrogens (primary N) is 1. The smallest absolute Gasteiger partial charge is 0.312 e. The summed E-state index contributed by atoms with van der Waals surface area (Å²) in [6.07, 6.45) is 18.3. The van der Waals surface area contributed by atoms with Crippen molar-refractivity contribution in [2.45, 2.75) is 109 Å². The van der Waals surface area contributed by atoms with Gasteiger partial charge in [-0.05, 0) is 38.5 Å². The van der Waals surface area contributed by atoms with Crippen LogP contribution in [0.3, 0.4) is 0 Å². The Morgan fingerprint density at radius 3 is 2.61 bits per heavy atom. The lowest BCUT2D eigenvalue weighted by Gasteiger charge is -2.41. The Kier molecular flexibility index (Phi) is 9.86. The first-order valence-corrected chi connectivity index (χ1v) is 11.5. The van der Waals surface area contributed by atoms with E-state index in [1.54, 1.807) is 0 Å². The Morgan fingerprint density at radius 1 is 1.14 bits per heavy atom. The summed E-state index contributed by atoms with van der Waals surface area (Å²) >= 11 is 0. The molecule has 0 aromatic rings. The van der Waals surface area contributed by atoms with Crippen molar-refractivity contribution in [1.29, 1.82) is 0 Å². The second-order valence-corrected chi connectivity index (χ2v) is 8.36. The first-order chi connectivity index (χ1) is 13.6. The number of ether oxygens (including phenoxy) is 1. The summed E-state index contributed by atoms with van der Waals surface area (Å²) < 4.78 is 5.16. The van der Waals surface area contributed by atoms with Crippen LogP contribution in [0.15, 0.2) is 17.1 Å². The quantitative estimate of drug-likeness (QED) is 0.295. The minimum absolute atomic E-state index is 0.0342. The molecule has 0 aromatic heterocycles. The van der Waals surface area contributed by atoms with Crippen molar-refractivity contribution >= 4 is 11.9 Å². The lowest BCUT2D eigenvalue weighted by Crippen LogP contribution is -2.56. The van der Waals surface area contributed by atoms with Gasteiger partial charge in [0.1, 0.15) is 0 Å². The van der Waals surface area contributed by atoms with Crippen molar-refractivity contribution in [2.24, 2.45) is 16.6 Å². The zero-order chi connectivity index (χ0) is 20.4. The summed E-state index contributed by atoms with van der Waals surface area (Å²) in [6.45, 7) is 4.43. The molecule has 0 bridgehead atoms. The van der Waals surface area contributed by atoms with Gasteiger partial charge < -0.3 is 15.4 Å². The van der Waals surface area contributed by atoms with Gasteiger partial charge in [-0.3, -0.25) is 4.79 Å². The number of allylic oxidation sites excluding steroid dienone is 1. The third-order valence-corrected chi connectivity index (χ3v) is 6.31. The van der Waals surface area contributed by atoms with E-state index in [9.17, 15) is 4.79 Å². The largest absolute Gasteiger partial charge is 0.469 e. The lowest BCUT2D eigenvalue weighted by molar-refractivity contribution is -0.148. The number of esters is 1. The normalized spacial score (nSPS) is 27.1. The number of unbranched alkanes of at least 4 members (excludes halogenated alkanes) is 6. The maximum atomic E-state index is 12.6. The molecule has 4 atom stereocenters. The number of methoxy groups -OCH3 is 1. The van der Waals surface area contributed by atoms with Crippen molar-refractivity contribution in [3.8, 4) is 0 Å². The van der Waals surface area contributed by atoms with E-state index in [-0.39, 0.29) is 24.0 Å².